The minimum absolute atomic E-state index is 0.143. The van der Waals surface area contributed by atoms with Crippen molar-refractivity contribution in [2.24, 2.45) is 5.92 Å². The van der Waals surface area contributed by atoms with E-state index in [1.165, 1.54) is 0 Å². The number of carbonyl (C=O) groups excluding carboxylic acids is 1. The third-order valence-electron chi connectivity index (χ3n) is 8.33. The number of carbonyl (C=O) groups is 1. The summed E-state index contributed by atoms with van der Waals surface area (Å²) < 4.78 is 6.60. The predicted octanol–water partition coefficient (Wildman–Crippen LogP) is 4.39. The monoisotopic (exact) mass is 543 g/mol. The Bertz CT molecular complexity index is 1440. The molecule has 2 aromatic heterocycles. The molecule has 0 aliphatic carbocycles. The van der Waals surface area contributed by atoms with Crippen LogP contribution in [0.5, 0.6) is 5.75 Å². The van der Waals surface area contributed by atoms with Gasteiger partial charge in [-0.15, -0.1) is 0 Å². The van der Waals surface area contributed by atoms with E-state index in [-0.39, 0.29) is 23.6 Å². The molecular weight excluding hydrogens is 502 g/mol. The van der Waals surface area contributed by atoms with Crippen LogP contribution in [0.3, 0.4) is 0 Å². The van der Waals surface area contributed by atoms with Gasteiger partial charge in [-0.25, -0.2) is 4.98 Å². The summed E-state index contributed by atoms with van der Waals surface area (Å²) in [6, 6.07) is 9.96. The average molecular weight is 544 g/mol. The largest absolute Gasteiger partial charge is 0.486 e. The Morgan fingerprint density at radius 3 is 2.65 bits per heavy atom. The summed E-state index contributed by atoms with van der Waals surface area (Å²) in [5, 5.41) is 6.39. The van der Waals surface area contributed by atoms with Crippen molar-refractivity contribution in [1.82, 2.24) is 20.6 Å². The van der Waals surface area contributed by atoms with Crippen molar-refractivity contribution in [1.29, 1.82) is 0 Å². The zero-order valence-corrected chi connectivity index (χ0v) is 24.3. The number of aryl methyl sites for hydroxylation is 2. The van der Waals surface area contributed by atoms with Crippen molar-refractivity contribution in [3.05, 3.63) is 74.8 Å². The summed E-state index contributed by atoms with van der Waals surface area (Å²) >= 11 is 0. The number of ether oxygens (including phenoxy) is 1. The molecule has 1 fully saturated rings. The smallest absolute Gasteiger partial charge is 0.253 e. The number of nitrogens with zero attached hydrogens (tertiary/aromatic N) is 2. The number of fused-ring (bicyclic) bond motifs is 1. The maximum atomic E-state index is 13.5. The van der Waals surface area contributed by atoms with Gasteiger partial charge in [-0.3, -0.25) is 9.59 Å². The van der Waals surface area contributed by atoms with Crippen LogP contribution in [0.1, 0.15) is 66.9 Å². The van der Waals surface area contributed by atoms with Gasteiger partial charge in [-0.1, -0.05) is 27.2 Å². The number of nitrogens with one attached hydrogen (secondary N) is 3. The summed E-state index contributed by atoms with van der Waals surface area (Å²) in [6.07, 6.45) is 4.32. The number of amides is 1. The topological polar surface area (TPSA) is 99.4 Å². The lowest BCUT2D eigenvalue weighted by Gasteiger charge is -2.29. The first-order valence-electron chi connectivity index (χ1n) is 14.5. The highest BCUT2D eigenvalue weighted by molar-refractivity contribution is 5.96. The molecule has 1 aromatic carbocycles. The Morgan fingerprint density at radius 2 is 1.98 bits per heavy atom. The van der Waals surface area contributed by atoms with Gasteiger partial charge in [0.2, 0.25) is 0 Å². The number of aromatic nitrogens is 2. The minimum Gasteiger partial charge on any atom is -0.486 e. The van der Waals surface area contributed by atoms with Crippen LogP contribution in [0, 0.1) is 12.8 Å². The summed E-state index contributed by atoms with van der Waals surface area (Å²) in [7, 11) is 0. The number of pyridine rings is 2. The maximum Gasteiger partial charge on any atom is 0.253 e. The number of hydrogen-bond acceptors (Lipinski definition) is 6. The molecule has 2 aliphatic heterocycles. The Balaban J connectivity index is 1.46. The van der Waals surface area contributed by atoms with Gasteiger partial charge >= 0.3 is 0 Å². The molecule has 0 bridgehead atoms. The minimum atomic E-state index is -0.357. The third-order valence-corrected chi connectivity index (χ3v) is 8.33. The Labute approximate surface area is 236 Å². The van der Waals surface area contributed by atoms with Crippen molar-refractivity contribution in [3.8, 4) is 16.9 Å². The molecular formula is C32H41N5O3. The van der Waals surface area contributed by atoms with Crippen molar-refractivity contribution in [2.45, 2.75) is 66.0 Å². The van der Waals surface area contributed by atoms with Crippen LogP contribution in [0.15, 0.2) is 41.3 Å². The van der Waals surface area contributed by atoms with Crippen LogP contribution >= 0.6 is 0 Å². The molecule has 3 N–H and O–H groups in total. The molecule has 1 unspecified atom stereocenters. The first-order chi connectivity index (χ1) is 19.2. The average Bonchev–Trinajstić information content (AvgIpc) is 3.30. The molecule has 40 heavy (non-hydrogen) atoms. The fourth-order valence-corrected chi connectivity index (χ4v) is 5.62. The zero-order valence-electron chi connectivity index (χ0n) is 24.3. The molecule has 0 saturated carbocycles. The van der Waals surface area contributed by atoms with Crippen LogP contribution in [-0.4, -0.2) is 47.7 Å². The maximum absolute atomic E-state index is 13.5. The predicted molar refractivity (Wildman–Crippen MR) is 159 cm³/mol. The van der Waals surface area contributed by atoms with Gasteiger partial charge in [0, 0.05) is 73.3 Å². The quantitative estimate of drug-likeness (QED) is 0.390. The molecule has 2 aliphatic rings. The molecule has 0 spiro atoms. The molecule has 0 radical (unpaired) electrons. The second-order valence-corrected chi connectivity index (χ2v) is 11.6. The summed E-state index contributed by atoms with van der Waals surface area (Å²) in [6.45, 7) is 14.4. The highest BCUT2D eigenvalue weighted by Crippen LogP contribution is 2.45. The lowest BCUT2D eigenvalue weighted by molar-refractivity contribution is 0.0651. The summed E-state index contributed by atoms with van der Waals surface area (Å²) in [5.74, 6) is 1.86. The van der Waals surface area contributed by atoms with E-state index in [0.717, 1.165) is 85.0 Å². The van der Waals surface area contributed by atoms with E-state index in [1.807, 2.05) is 31.3 Å². The molecule has 212 valence electrons. The summed E-state index contributed by atoms with van der Waals surface area (Å²) in [4.78, 5) is 36.2. The van der Waals surface area contributed by atoms with E-state index < -0.39 is 0 Å². The molecule has 8 nitrogen and oxygen atoms in total. The first kappa shape index (κ1) is 27.9. The summed E-state index contributed by atoms with van der Waals surface area (Å²) in [5.41, 5.74) is 5.28. The van der Waals surface area contributed by atoms with E-state index in [9.17, 15) is 9.59 Å². The van der Waals surface area contributed by atoms with Gasteiger partial charge < -0.3 is 25.3 Å². The standard InChI is InChI=1S/C32H41N5O3/c1-6-7-22-14-21(4)36-31(39)27(22)19-35-30(38)24-15-25-17-32(5,20(2)3)40-29(25)26(16-24)23-8-9-28(34-18-23)37-12-10-33-11-13-37/h8-9,14-16,18,20,33H,6-7,10-13,17,19H2,1-5H3,(H,35,38)(H,36,39). The van der Waals surface area contributed by atoms with Gasteiger partial charge in [0.1, 0.15) is 17.2 Å². The number of rotatable bonds is 8. The van der Waals surface area contributed by atoms with Gasteiger partial charge in [0.05, 0.1) is 0 Å². The molecule has 3 aromatic rings. The van der Waals surface area contributed by atoms with E-state index in [2.05, 4.69) is 60.3 Å². The molecule has 1 atom stereocenters. The zero-order chi connectivity index (χ0) is 28.4. The van der Waals surface area contributed by atoms with Gasteiger partial charge in [-0.2, -0.15) is 0 Å². The second kappa shape index (κ2) is 11.5. The molecule has 8 heteroatoms. The molecule has 1 saturated heterocycles. The number of piperazine rings is 1. The van der Waals surface area contributed by atoms with Crippen molar-refractivity contribution < 1.29 is 9.53 Å². The van der Waals surface area contributed by atoms with Crippen molar-refractivity contribution in [3.63, 3.8) is 0 Å². The van der Waals surface area contributed by atoms with Crippen LogP contribution in [-0.2, 0) is 19.4 Å². The first-order valence-corrected chi connectivity index (χ1v) is 14.5. The number of aromatic amines is 1. The lowest BCUT2D eigenvalue weighted by atomic mass is 9.87. The molecule has 1 amide bonds. The van der Waals surface area contributed by atoms with Crippen LogP contribution in [0.2, 0.25) is 0 Å². The normalized spacial score (nSPS) is 18.5. The molecule has 5 rings (SSSR count). The number of anilines is 1. The Hall–Kier alpha value is -3.65. The van der Waals surface area contributed by atoms with Gasteiger partial charge in [-0.05, 0) is 67.6 Å². The SMILES string of the molecule is CCCc1cc(C)[nH]c(=O)c1CNC(=O)c1cc2c(c(-c3ccc(N4CCNCC4)nc3)c1)OC(C)(C(C)C)C2. The van der Waals surface area contributed by atoms with E-state index in [0.29, 0.717) is 17.0 Å². The molecule has 4 heterocycles. The Kier molecular flexibility index (Phi) is 7.99. The highest BCUT2D eigenvalue weighted by Gasteiger charge is 2.39. The van der Waals surface area contributed by atoms with Crippen molar-refractivity contribution in [2.75, 3.05) is 31.1 Å². The fourth-order valence-electron chi connectivity index (χ4n) is 5.62. The van der Waals surface area contributed by atoms with Crippen LogP contribution < -0.4 is 25.8 Å². The highest BCUT2D eigenvalue weighted by atomic mass is 16.5. The lowest BCUT2D eigenvalue weighted by Crippen LogP contribution is -2.43. The van der Waals surface area contributed by atoms with E-state index in [4.69, 9.17) is 9.72 Å². The van der Waals surface area contributed by atoms with Crippen LogP contribution in [0.25, 0.3) is 11.1 Å². The van der Waals surface area contributed by atoms with Gasteiger partial charge in [0.25, 0.3) is 11.5 Å². The second-order valence-electron chi connectivity index (χ2n) is 11.6. The van der Waals surface area contributed by atoms with Crippen LogP contribution in [0.4, 0.5) is 5.82 Å². The number of H-pyrrole nitrogens is 1. The fraction of sp³-hybridized carbons (Fsp3) is 0.469. The van der Waals surface area contributed by atoms with E-state index >= 15 is 0 Å². The van der Waals surface area contributed by atoms with E-state index in [1.54, 1.807) is 0 Å². The van der Waals surface area contributed by atoms with Gasteiger partial charge in [0.15, 0.2) is 0 Å². The number of benzene rings is 1. The van der Waals surface area contributed by atoms with Crippen molar-refractivity contribution >= 4 is 11.7 Å². The number of hydrogen-bond donors (Lipinski definition) is 3. The third kappa shape index (κ3) is 5.63. The Morgan fingerprint density at radius 1 is 1.20 bits per heavy atom.